The van der Waals surface area contributed by atoms with Crippen LogP contribution in [0.5, 0.6) is 11.5 Å². The molecule has 1 N–H and O–H groups in total. The summed E-state index contributed by atoms with van der Waals surface area (Å²) in [4.78, 5) is 28.4. The molecule has 1 unspecified atom stereocenters. The molecule has 190 valence electrons. The van der Waals surface area contributed by atoms with Gasteiger partial charge in [-0.25, -0.2) is 4.39 Å². The molecule has 0 radical (unpaired) electrons. The average molecular weight is 493 g/mol. The van der Waals surface area contributed by atoms with Crippen LogP contribution < -0.4 is 14.8 Å². The number of hydrogen-bond donors (Lipinski definition) is 1. The molecule has 0 aliphatic heterocycles. The summed E-state index contributed by atoms with van der Waals surface area (Å²) in [5.74, 6) is -0.0262. The number of nitrogens with zero attached hydrogens (tertiary/aromatic N) is 1. The quantitative estimate of drug-likeness (QED) is 0.349. The van der Waals surface area contributed by atoms with Gasteiger partial charge in [0.1, 0.15) is 11.9 Å². The first kappa shape index (κ1) is 26.7. The standard InChI is InChI=1S/C29H33FN2O4/c1-3-4-18-31-29(34)25(19-22-10-6-5-7-11-22)32(20-23-14-16-24(30)17-15-23)28(33)21-36-27-13-9-8-12-26(27)35-2/h5-17,25H,3-4,18-21H2,1-2H3,(H,31,34). The molecule has 3 rings (SSSR count). The van der Waals surface area contributed by atoms with Crippen LogP contribution in [0.3, 0.4) is 0 Å². The summed E-state index contributed by atoms with van der Waals surface area (Å²) in [6, 6.07) is 21.8. The van der Waals surface area contributed by atoms with Crippen molar-refractivity contribution in [3.05, 3.63) is 95.8 Å². The maximum absolute atomic E-state index is 13.6. The SMILES string of the molecule is CCCCNC(=O)C(Cc1ccccc1)N(Cc1ccc(F)cc1)C(=O)COc1ccccc1OC. The lowest BCUT2D eigenvalue weighted by atomic mass is 10.0. The van der Waals surface area contributed by atoms with E-state index in [0.29, 0.717) is 30.0 Å². The molecule has 1 atom stereocenters. The van der Waals surface area contributed by atoms with Crippen LogP contribution in [-0.2, 0) is 22.6 Å². The van der Waals surface area contributed by atoms with E-state index in [4.69, 9.17) is 9.47 Å². The highest BCUT2D eigenvalue weighted by atomic mass is 19.1. The van der Waals surface area contributed by atoms with Gasteiger partial charge in [-0.05, 0) is 41.8 Å². The Morgan fingerprint density at radius 3 is 2.25 bits per heavy atom. The molecule has 0 aliphatic carbocycles. The first-order chi connectivity index (χ1) is 17.5. The lowest BCUT2D eigenvalue weighted by molar-refractivity contribution is -0.142. The predicted octanol–water partition coefficient (Wildman–Crippen LogP) is 4.77. The summed E-state index contributed by atoms with van der Waals surface area (Å²) in [7, 11) is 1.53. The number of para-hydroxylation sites is 2. The van der Waals surface area contributed by atoms with Crippen molar-refractivity contribution in [2.75, 3.05) is 20.3 Å². The van der Waals surface area contributed by atoms with E-state index < -0.39 is 6.04 Å². The third-order valence-corrected chi connectivity index (χ3v) is 5.79. The van der Waals surface area contributed by atoms with Crippen molar-refractivity contribution in [1.29, 1.82) is 0 Å². The van der Waals surface area contributed by atoms with Gasteiger partial charge >= 0.3 is 0 Å². The molecule has 0 spiro atoms. The second-order valence-electron chi connectivity index (χ2n) is 8.44. The molecule has 0 saturated heterocycles. The second kappa shape index (κ2) is 13.9. The number of amides is 2. The van der Waals surface area contributed by atoms with E-state index in [1.807, 2.05) is 43.3 Å². The van der Waals surface area contributed by atoms with Crippen molar-refractivity contribution in [2.24, 2.45) is 0 Å². The molecule has 3 aromatic rings. The zero-order valence-electron chi connectivity index (χ0n) is 20.8. The molecule has 6 nitrogen and oxygen atoms in total. The van der Waals surface area contributed by atoms with Gasteiger partial charge in [-0.3, -0.25) is 9.59 Å². The van der Waals surface area contributed by atoms with Crippen molar-refractivity contribution < 1.29 is 23.5 Å². The van der Waals surface area contributed by atoms with Gasteiger partial charge in [0.2, 0.25) is 5.91 Å². The summed E-state index contributed by atoms with van der Waals surface area (Å²) in [5.41, 5.74) is 1.64. The maximum Gasteiger partial charge on any atom is 0.261 e. The normalized spacial score (nSPS) is 11.4. The minimum absolute atomic E-state index is 0.132. The van der Waals surface area contributed by atoms with Crippen molar-refractivity contribution in [3.8, 4) is 11.5 Å². The summed E-state index contributed by atoms with van der Waals surface area (Å²) in [6.07, 6.45) is 2.11. The largest absolute Gasteiger partial charge is 0.493 e. The van der Waals surface area contributed by atoms with E-state index in [0.717, 1.165) is 18.4 Å². The van der Waals surface area contributed by atoms with Crippen LogP contribution in [0.25, 0.3) is 0 Å². The molecule has 0 heterocycles. The molecule has 0 bridgehead atoms. The van der Waals surface area contributed by atoms with E-state index in [9.17, 15) is 14.0 Å². The van der Waals surface area contributed by atoms with Gasteiger partial charge in [0.25, 0.3) is 5.91 Å². The second-order valence-corrected chi connectivity index (χ2v) is 8.44. The number of methoxy groups -OCH3 is 1. The topological polar surface area (TPSA) is 67.9 Å². The predicted molar refractivity (Wildman–Crippen MR) is 137 cm³/mol. The molecule has 0 aromatic heterocycles. The first-order valence-electron chi connectivity index (χ1n) is 12.1. The maximum atomic E-state index is 13.6. The average Bonchev–Trinajstić information content (AvgIpc) is 2.91. The minimum Gasteiger partial charge on any atom is -0.493 e. The summed E-state index contributed by atoms with van der Waals surface area (Å²) in [6.45, 7) is 2.42. The van der Waals surface area contributed by atoms with Gasteiger partial charge in [0, 0.05) is 19.5 Å². The number of unbranched alkanes of at least 4 members (excludes halogenated alkanes) is 1. The highest BCUT2D eigenvalue weighted by Crippen LogP contribution is 2.26. The number of nitrogens with one attached hydrogen (secondary N) is 1. The van der Waals surface area contributed by atoms with Crippen LogP contribution in [-0.4, -0.2) is 43.0 Å². The van der Waals surface area contributed by atoms with E-state index in [2.05, 4.69) is 5.32 Å². The Morgan fingerprint density at radius 1 is 0.917 bits per heavy atom. The lowest BCUT2D eigenvalue weighted by Crippen LogP contribution is -2.51. The molecule has 36 heavy (non-hydrogen) atoms. The lowest BCUT2D eigenvalue weighted by Gasteiger charge is -2.31. The first-order valence-corrected chi connectivity index (χ1v) is 12.1. The number of ether oxygens (including phenoxy) is 2. The fraction of sp³-hybridized carbons (Fsp3) is 0.310. The fourth-order valence-electron chi connectivity index (χ4n) is 3.81. The number of halogens is 1. The van der Waals surface area contributed by atoms with E-state index in [1.54, 1.807) is 30.3 Å². The number of carbonyl (C=O) groups excluding carboxylic acids is 2. The smallest absolute Gasteiger partial charge is 0.261 e. The van der Waals surface area contributed by atoms with E-state index in [-0.39, 0.29) is 30.8 Å². The monoisotopic (exact) mass is 492 g/mol. The number of hydrogen-bond acceptors (Lipinski definition) is 4. The van der Waals surface area contributed by atoms with Crippen molar-refractivity contribution in [3.63, 3.8) is 0 Å². The third-order valence-electron chi connectivity index (χ3n) is 5.79. The molecular weight excluding hydrogens is 459 g/mol. The Morgan fingerprint density at radius 2 is 1.58 bits per heavy atom. The number of benzene rings is 3. The molecule has 3 aromatic carbocycles. The van der Waals surface area contributed by atoms with Crippen molar-refractivity contribution in [1.82, 2.24) is 10.2 Å². The van der Waals surface area contributed by atoms with Gasteiger partial charge in [0.15, 0.2) is 18.1 Å². The van der Waals surface area contributed by atoms with Crippen molar-refractivity contribution in [2.45, 2.75) is 38.8 Å². The Hall–Kier alpha value is -3.87. The Balaban J connectivity index is 1.89. The van der Waals surface area contributed by atoms with Crippen LogP contribution in [0, 0.1) is 5.82 Å². The molecule has 0 aliphatic rings. The number of carbonyl (C=O) groups is 2. The fourth-order valence-corrected chi connectivity index (χ4v) is 3.81. The van der Waals surface area contributed by atoms with Gasteiger partial charge in [-0.15, -0.1) is 0 Å². The molecule has 2 amide bonds. The van der Waals surface area contributed by atoms with Crippen LogP contribution in [0.4, 0.5) is 4.39 Å². The zero-order valence-corrected chi connectivity index (χ0v) is 20.8. The molecule has 0 fully saturated rings. The van der Waals surface area contributed by atoms with Crippen LogP contribution in [0.2, 0.25) is 0 Å². The molecule has 7 heteroatoms. The molecule has 0 saturated carbocycles. The Labute approximate surface area is 212 Å². The Kier molecular flexibility index (Phi) is 10.3. The van der Waals surface area contributed by atoms with Gasteiger partial charge < -0.3 is 19.7 Å². The zero-order chi connectivity index (χ0) is 25.8. The van der Waals surface area contributed by atoms with Gasteiger partial charge in [-0.1, -0.05) is 67.9 Å². The van der Waals surface area contributed by atoms with E-state index in [1.165, 1.54) is 24.1 Å². The highest BCUT2D eigenvalue weighted by Gasteiger charge is 2.30. The van der Waals surface area contributed by atoms with Crippen LogP contribution in [0.1, 0.15) is 30.9 Å². The van der Waals surface area contributed by atoms with E-state index >= 15 is 0 Å². The highest BCUT2D eigenvalue weighted by molar-refractivity contribution is 5.88. The minimum atomic E-state index is -0.775. The summed E-state index contributed by atoms with van der Waals surface area (Å²) in [5, 5.41) is 2.97. The van der Waals surface area contributed by atoms with Gasteiger partial charge in [-0.2, -0.15) is 0 Å². The molecular formula is C29H33FN2O4. The third kappa shape index (κ3) is 7.83. The summed E-state index contributed by atoms with van der Waals surface area (Å²) < 4.78 is 24.6. The van der Waals surface area contributed by atoms with Crippen LogP contribution >= 0.6 is 0 Å². The van der Waals surface area contributed by atoms with Crippen molar-refractivity contribution >= 4 is 11.8 Å². The van der Waals surface area contributed by atoms with Crippen LogP contribution in [0.15, 0.2) is 78.9 Å². The number of rotatable bonds is 13. The Bertz CT molecular complexity index is 1110. The summed E-state index contributed by atoms with van der Waals surface area (Å²) >= 11 is 0. The van der Waals surface area contributed by atoms with Gasteiger partial charge in [0.05, 0.1) is 7.11 Å².